The molecule has 36 heavy (non-hydrogen) atoms. The number of ether oxygens (including phenoxy) is 1. The van der Waals surface area contributed by atoms with E-state index in [2.05, 4.69) is 15.8 Å². The molecule has 0 aliphatic carbocycles. The maximum atomic E-state index is 13.7. The molecule has 0 spiro atoms. The quantitative estimate of drug-likeness (QED) is 0.489. The van der Waals surface area contributed by atoms with E-state index in [0.717, 1.165) is 16.8 Å². The van der Waals surface area contributed by atoms with E-state index < -0.39 is 22.9 Å². The van der Waals surface area contributed by atoms with Crippen LogP contribution in [-0.4, -0.2) is 59.6 Å². The summed E-state index contributed by atoms with van der Waals surface area (Å²) >= 11 is 0. The van der Waals surface area contributed by atoms with E-state index in [9.17, 15) is 14.4 Å². The lowest BCUT2D eigenvalue weighted by atomic mass is 9.73. The second-order valence-corrected chi connectivity index (χ2v) is 10.0. The van der Waals surface area contributed by atoms with E-state index in [4.69, 9.17) is 10.5 Å². The summed E-state index contributed by atoms with van der Waals surface area (Å²) in [6.07, 6.45) is 0.894. The van der Waals surface area contributed by atoms with Crippen LogP contribution in [0.3, 0.4) is 0 Å². The fourth-order valence-electron chi connectivity index (χ4n) is 4.55. The predicted octanol–water partition coefficient (Wildman–Crippen LogP) is 1.37. The smallest absolute Gasteiger partial charge is 0.254 e. The molecule has 9 heteroatoms. The highest BCUT2D eigenvalue weighted by Crippen LogP contribution is 2.35. The first-order valence-corrected chi connectivity index (χ1v) is 12.1. The van der Waals surface area contributed by atoms with Gasteiger partial charge < -0.3 is 20.7 Å². The molecule has 4 rings (SSSR count). The normalized spacial score (nSPS) is 20.2. The van der Waals surface area contributed by atoms with Crippen LogP contribution in [0.4, 0.5) is 0 Å². The molecule has 190 valence electrons. The van der Waals surface area contributed by atoms with Gasteiger partial charge in [0.25, 0.3) is 5.91 Å². The second kappa shape index (κ2) is 10.6. The molecular formula is C27H33N5O4. The molecular weight excluding hydrogens is 458 g/mol. The van der Waals surface area contributed by atoms with Crippen molar-refractivity contribution in [2.24, 2.45) is 16.3 Å². The van der Waals surface area contributed by atoms with Gasteiger partial charge in [0, 0.05) is 19.5 Å². The van der Waals surface area contributed by atoms with Crippen LogP contribution in [-0.2, 0) is 32.1 Å². The molecule has 1 fully saturated rings. The van der Waals surface area contributed by atoms with E-state index in [1.54, 1.807) is 18.7 Å². The van der Waals surface area contributed by atoms with Gasteiger partial charge in [-0.2, -0.15) is 5.10 Å². The molecule has 9 nitrogen and oxygen atoms in total. The third-order valence-electron chi connectivity index (χ3n) is 6.60. The zero-order valence-corrected chi connectivity index (χ0v) is 20.7. The van der Waals surface area contributed by atoms with Gasteiger partial charge in [0.05, 0.1) is 24.5 Å². The Kier molecular flexibility index (Phi) is 7.51. The van der Waals surface area contributed by atoms with E-state index >= 15 is 0 Å². The van der Waals surface area contributed by atoms with Crippen molar-refractivity contribution in [2.45, 2.75) is 44.9 Å². The van der Waals surface area contributed by atoms with Crippen LogP contribution in [0.15, 0.2) is 65.8 Å². The molecule has 4 N–H and O–H groups in total. The standard InChI is InChI=1S/C27H33N5O4/c1-26(2,28)24(34)29-21(17-36-16-20-11-7-4-8-12-20)23(33)32-14-13-22-27(18-32,25(35)31-30-22)15-19-9-5-3-6-10-19/h3-12,21H,13-18,28H2,1-2H3,(H,29,34)(H,31,35)/t21-,27?/m1/s1. The van der Waals surface area contributed by atoms with Crippen molar-refractivity contribution in [1.82, 2.24) is 15.6 Å². The maximum Gasteiger partial charge on any atom is 0.254 e. The number of piperidine rings is 1. The molecule has 2 atom stereocenters. The van der Waals surface area contributed by atoms with Gasteiger partial charge in [0.2, 0.25) is 11.8 Å². The molecule has 1 saturated heterocycles. The molecule has 2 aliphatic rings. The Bertz CT molecular complexity index is 1130. The lowest BCUT2D eigenvalue weighted by Gasteiger charge is -2.40. The Hall–Kier alpha value is -3.56. The van der Waals surface area contributed by atoms with E-state index in [-0.39, 0.29) is 25.0 Å². The number of amides is 3. The number of benzene rings is 2. The Morgan fingerprint density at radius 1 is 1.14 bits per heavy atom. The van der Waals surface area contributed by atoms with Crippen LogP contribution in [0.5, 0.6) is 0 Å². The number of nitrogens with zero attached hydrogens (tertiary/aromatic N) is 2. The molecule has 0 saturated carbocycles. The van der Waals surface area contributed by atoms with E-state index in [0.29, 0.717) is 26.0 Å². The number of nitrogens with one attached hydrogen (secondary N) is 2. The first-order chi connectivity index (χ1) is 17.2. The van der Waals surface area contributed by atoms with Gasteiger partial charge in [0.15, 0.2) is 0 Å². The average molecular weight is 492 g/mol. The minimum absolute atomic E-state index is 0.0229. The Balaban J connectivity index is 1.52. The lowest BCUT2D eigenvalue weighted by molar-refractivity contribution is -0.142. The second-order valence-electron chi connectivity index (χ2n) is 10.0. The number of fused-ring (bicyclic) bond motifs is 1. The number of hydrogen-bond donors (Lipinski definition) is 3. The van der Waals surface area contributed by atoms with Gasteiger partial charge in [-0.25, -0.2) is 5.43 Å². The predicted molar refractivity (Wildman–Crippen MR) is 136 cm³/mol. The van der Waals surface area contributed by atoms with Crippen LogP contribution in [0, 0.1) is 5.41 Å². The summed E-state index contributed by atoms with van der Waals surface area (Å²) in [4.78, 5) is 41.1. The third-order valence-corrected chi connectivity index (χ3v) is 6.60. The Morgan fingerprint density at radius 3 is 2.42 bits per heavy atom. The van der Waals surface area contributed by atoms with Gasteiger partial charge in [-0.3, -0.25) is 14.4 Å². The summed E-state index contributed by atoms with van der Waals surface area (Å²) < 4.78 is 5.83. The summed E-state index contributed by atoms with van der Waals surface area (Å²) in [5, 5.41) is 7.04. The van der Waals surface area contributed by atoms with Gasteiger partial charge in [-0.05, 0) is 31.4 Å². The summed E-state index contributed by atoms with van der Waals surface area (Å²) in [6, 6.07) is 18.3. The summed E-state index contributed by atoms with van der Waals surface area (Å²) in [5.74, 6) is -0.990. The van der Waals surface area contributed by atoms with Crippen molar-refractivity contribution in [1.29, 1.82) is 0 Å². The molecule has 0 bridgehead atoms. The maximum absolute atomic E-state index is 13.7. The monoisotopic (exact) mass is 491 g/mol. The highest BCUT2D eigenvalue weighted by Gasteiger charge is 2.52. The minimum atomic E-state index is -1.17. The molecule has 0 radical (unpaired) electrons. The van der Waals surface area contributed by atoms with Crippen molar-refractivity contribution in [3.05, 3.63) is 71.8 Å². The fraction of sp³-hybridized carbons (Fsp3) is 0.407. The zero-order valence-electron chi connectivity index (χ0n) is 20.7. The highest BCUT2D eigenvalue weighted by molar-refractivity contribution is 6.13. The van der Waals surface area contributed by atoms with Crippen molar-refractivity contribution in [3.63, 3.8) is 0 Å². The molecule has 1 unspecified atom stereocenters. The molecule has 2 aliphatic heterocycles. The van der Waals surface area contributed by atoms with Gasteiger partial charge >= 0.3 is 0 Å². The number of nitrogens with two attached hydrogens (primary N) is 1. The number of hydrogen-bond acceptors (Lipinski definition) is 6. The Morgan fingerprint density at radius 2 is 1.78 bits per heavy atom. The molecule has 2 heterocycles. The molecule has 3 amide bonds. The number of carbonyl (C=O) groups is 3. The number of likely N-dealkylation sites (tertiary alicyclic amines) is 1. The summed E-state index contributed by atoms with van der Waals surface area (Å²) in [5.41, 5.74) is 9.17. The number of rotatable bonds is 9. The molecule has 2 aromatic rings. The number of carbonyl (C=O) groups excluding carboxylic acids is 3. The molecule has 0 aromatic heterocycles. The molecule has 2 aromatic carbocycles. The minimum Gasteiger partial charge on any atom is -0.374 e. The van der Waals surface area contributed by atoms with Crippen LogP contribution in [0.2, 0.25) is 0 Å². The van der Waals surface area contributed by atoms with Crippen molar-refractivity contribution in [2.75, 3.05) is 19.7 Å². The van der Waals surface area contributed by atoms with E-state index in [1.165, 1.54) is 0 Å². The largest absolute Gasteiger partial charge is 0.374 e. The van der Waals surface area contributed by atoms with Crippen LogP contribution < -0.4 is 16.5 Å². The van der Waals surface area contributed by atoms with Crippen molar-refractivity contribution in [3.8, 4) is 0 Å². The van der Waals surface area contributed by atoms with Gasteiger partial charge in [-0.1, -0.05) is 60.7 Å². The first-order valence-electron chi connectivity index (χ1n) is 12.1. The number of hydrazone groups is 1. The van der Waals surface area contributed by atoms with Crippen molar-refractivity contribution < 1.29 is 19.1 Å². The zero-order chi connectivity index (χ0) is 25.8. The third kappa shape index (κ3) is 5.63. The summed E-state index contributed by atoms with van der Waals surface area (Å²) in [7, 11) is 0. The van der Waals surface area contributed by atoms with Crippen molar-refractivity contribution >= 4 is 23.4 Å². The SMILES string of the molecule is CC(C)(N)C(=O)N[C@H](COCc1ccccc1)C(=O)N1CCC2=NNC(=O)C2(Cc2ccccc2)C1. The Labute approximate surface area is 211 Å². The van der Waals surface area contributed by atoms with Gasteiger partial charge in [-0.15, -0.1) is 0 Å². The van der Waals surface area contributed by atoms with Crippen LogP contribution in [0.25, 0.3) is 0 Å². The lowest BCUT2D eigenvalue weighted by Crippen LogP contribution is -2.61. The highest BCUT2D eigenvalue weighted by atomic mass is 16.5. The average Bonchev–Trinajstić information content (AvgIpc) is 3.18. The van der Waals surface area contributed by atoms with Crippen LogP contribution >= 0.6 is 0 Å². The van der Waals surface area contributed by atoms with E-state index in [1.807, 2.05) is 60.7 Å². The van der Waals surface area contributed by atoms with Gasteiger partial charge in [0.1, 0.15) is 11.5 Å². The summed E-state index contributed by atoms with van der Waals surface area (Å²) in [6.45, 7) is 3.99. The first kappa shape index (κ1) is 25.5. The van der Waals surface area contributed by atoms with Crippen LogP contribution in [0.1, 0.15) is 31.4 Å². The topological polar surface area (TPSA) is 126 Å². The fourth-order valence-corrected chi connectivity index (χ4v) is 4.55.